The highest BCUT2D eigenvalue weighted by atomic mass is 35.5. The molecule has 1 aromatic carbocycles. The summed E-state index contributed by atoms with van der Waals surface area (Å²) in [6.45, 7) is 3.35. The molecular weight excluding hydrogens is 322 g/mol. The molecule has 2 atom stereocenters. The SMILES string of the molecule is C[C@H]1OCCN[C@@H]1C(=O)NCc1cccc(OCC(N)=O)c1.Cl. The number of nitrogens with two attached hydrogens (primary N) is 1. The predicted molar refractivity (Wildman–Crippen MR) is 87.4 cm³/mol. The maximum absolute atomic E-state index is 12.1. The van der Waals surface area contributed by atoms with E-state index in [1.807, 2.05) is 13.0 Å². The highest BCUT2D eigenvalue weighted by molar-refractivity contribution is 5.85. The fraction of sp³-hybridized carbons (Fsp3) is 0.467. The largest absolute Gasteiger partial charge is 0.484 e. The molecule has 0 aromatic heterocycles. The fourth-order valence-corrected chi connectivity index (χ4v) is 2.23. The molecule has 2 amide bonds. The van der Waals surface area contributed by atoms with Gasteiger partial charge in [0.1, 0.15) is 11.8 Å². The molecule has 0 saturated carbocycles. The number of ether oxygens (including phenoxy) is 2. The van der Waals surface area contributed by atoms with E-state index < -0.39 is 5.91 Å². The van der Waals surface area contributed by atoms with Gasteiger partial charge in [-0.3, -0.25) is 9.59 Å². The number of hydrogen-bond donors (Lipinski definition) is 3. The molecule has 1 heterocycles. The van der Waals surface area contributed by atoms with Crippen LogP contribution in [0.2, 0.25) is 0 Å². The molecule has 1 aliphatic rings. The second-order valence-corrected chi connectivity index (χ2v) is 5.13. The molecule has 0 aliphatic carbocycles. The van der Waals surface area contributed by atoms with E-state index in [0.29, 0.717) is 25.4 Å². The summed E-state index contributed by atoms with van der Waals surface area (Å²) in [5.41, 5.74) is 5.91. The Morgan fingerprint density at radius 3 is 2.96 bits per heavy atom. The summed E-state index contributed by atoms with van der Waals surface area (Å²) in [6, 6.07) is 6.81. The van der Waals surface area contributed by atoms with Crippen molar-refractivity contribution in [3.05, 3.63) is 29.8 Å². The summed E-state index contributed by atoms with van der Waals surface area (Å²) in [7, 11) is 0. The molecule has 23 heavy (non-hydrogen) atoms. The van der Waals surface area contributed by atoms with Crippen LogP contribution < -0.4 is 21.1 Å². The number of rotatable bonds is 6. The van der Waals surface area contributed by atoms with Crippen LogP contribution in [0.15, 0.2) is 24.3 Å². The molecule has 0 unspecified atom stereocenters. The normalized spacial score (nSPS) is 20.2. The molecule has 1 aliphatic heterocycles. The van der Waals surface area contributed by atoms with Gasteiger partial charge in [0.05, 0.1) is 12.7 Å². The van der Waals surface area contributed by atoms with E-state index in [4.69, 9.17) is 15.2 Å². The van der Waals surface area contributed by atoms with Crippen LogP contribution in [0.3, 0.4) is 0 Å². The van der Waals surface area contributed by atoms with Crippen LogP contribution in [0, 0.1) is 0 Å². The van der Waals surface area contributed by atoms with Crippen LogP contribution in [0.25, 0.3) is 0 Å². The van der Waals surface area contributed by atoms with Gasteiger partial charge in [-0.25, -0.2) is 0 Å². The van der Waals surface area contributed by atoms with Gasteiger partial charge in [0, 0.05) is 13.1 Å². The lowest BCUT2D eigenvalue weighted by Crippen LogP contribution is -2.55. The summed E-state index contributed by atoms with van der Waals surface area (Å²) < 4.78 is 10.7. The third-order valence-corrected chi connectivity index (χ3v) is 3.35. The van der Waals surface area contributed by atoms with E-state index in [0.717, 1.165) is 5.56 Å². The van der Waals surface area contributed by atoms with Gasteiger partial charge in [-0.15, -0.1) is 12.4 Å². The lowest BCUT2D eigenvalue weighted by molar-refractivity contribution is -0.129. The van der Waals surface area contributed by atoms with E-state index in [-0.39, 0.29) is 37.1 Å². The number of primary amides is 1. The Labute approximate surface area is 141 Å². The van der Waals surface area contributed by atoms with Gasteiger partial charge in [-0.05, 0) is 24.6 Å². The zero-order valence-electron chi connectivity index (χ0n) is 12.9. The Morgan fingerprint density at radius 1 is 1.48 bits per heavy atom. The van der Waals surface area contributed by atoms with Crippen molar-refractivity contribution in [3.8, 4) is 5.75 Å². The van der Waals surface area contributed by atoms with Gasteiger partial charge >= 0.3 is 0 Å². The van der Waals surface area contributed by atoms with Crippen molar-refractivity contribution >= 4 is 24.2 Å². The molecule has 0 spiro atoms. The second kappa shape index (κ2) is 9.34. The summed E-state index contributed by atoms with van der Waals surface area (Å²) in [5.74, 6) is -0.0928. The van der Waals surface area contributed by atoms with Crippen molar-refractivity contribution < 1.29 is 19.1 Å². The predicted octanol–water partition coefficient (Wildman–Crippen LogP) is -0.0344. The fourth-order valence-electron chi connectivity index (χ4n) is 2.23. The molecule has 1 saturated heterocycles. The van der Waals surface area contributed by atoms with Crippen molar-refractivity contribution in [1.29, 1.82) is 0 Å². The minimum Gasteiger partial charge on any atom is -0.484 e. The van der Waals surface area contributed by atoms with Gasteiger partial charge in [-0.1, -0.05) is 12.1 Å². The summed E-state index contributed by atoms with van der Waals surface area (Å²) in [4.78, 5) is 22.8. The number of nitrogens with one attached hydrogen (secondary N) is 2. The van der Waals surface area contributed by atoms with Gasteiger partial charge in [0.25, 0.3) is 5.91 Å². The van der Waals surface area contributed by atoms with E-state index >= 15 is 0 Å². The molecule has 1 fully saturated rings. The monoisotopic (exact) mass is 343 g/mol. The minimum absolute atomic E-state index is 0. The smallest absolute Gasteiger partial charge is 0.255 e. The number of morpholine rings is 1. The van der Waals surface area contributed by atoms with Crippen molar-refractivity contribution in [3.63, 3.8) is 0 Å². The number of carbonyl (C=O) groups excluding carboxylic acids is 2. The summed E-state index contributed by atoms with van der Waals surface area (Å²) in [5, 5.41) is 6.00. The molecule has 0 bridgehead atoms. The first-order chi connectivity index (χ1) is 10.6. The van der Waals surface area contributed by atoms with Crippen LogP contribution >= 0.6 is 12.4 Å². The quantitative estimate of drug-likeness (QED) is 0.673. The topological polar surface area (TPSA) is 103 Å². The third kappa shape index (κ3) is 6.05. The molecular formula is C15H22ClN3O4. The first-order valence-corrected chi connectivity index (χ1v) is 7.19. The molecule has 128 valence electrons. The first-order valence-electron chi connectivity index (χ1n) is 7.19. The van der Waals surface area contributed by atoms with Crippen LogP contribution in [0.1, 0.15) is 12.5 Å². The van der Waals surface area contributed by atoms with Crippen molar-refractivity contribution in [2.24, 2.45) is 5.73 Å². The average Bonchev–Trinajstić information content (AvgIpc) is 2.51. The van der Waals surface area contributed by atoms with Crippen molar-refractivity contribution in [2.45, 2.75) is 25.6 Å². The van der Waals surface area contributed by atoms with Crippen molar-refractivity contribution in [2.75, 3.05) is 19.8 Å². The molecule has 8 heteroatoms. The lowest BCUT2D eigenvalue weighted by Gasteiger charge is -2.29. The highest BCUT2D eigenvalue weighted by Gasteiger charge is 2.27. The van der Waals surface area contributed by atoms with E-state index in [1.54, 1.807) is 18.2 Å². The Bertz CT molecular complexity index is 541. The molecule has 0 radical (unpaired) electrons. The number of benzene rings is 1. The first kappa shape index (κ1) is 19.2. The number of hydrogen-bond acceptors (Lipinski definition) is 5. The Morgan fingerprint density at radius 2 is 2.26 bits per heavy atom. The van der Waals surface area contributed by atoms with Gasteiger partial charge in [0.2, 0.25) is 5.91 Å². The third-order valence-electron chi connectivity index (χ3n) is 3.35. The van der Waals surface area contributed by atoms with E-state index in [1.165, 1.54) is 0 Å². The standard InChI is InChI=1S/C15H21N3O4.ClH/c1-10-14(17-5-6-21-10)15(20)18-8-11-3-2-4-12(7-11)22-9-13(16)19;/h2-4,7,10,14,17H,5-6,8-9H2,1H3,(H2,16,19)(H,18,20);1H/t10-,14+;/m1./s1. The highest BCUT2D eigenvalue weighted by Crippen LogP contribution is 2.13. The maximum atomic E-state index is 12.1. The average molecular weight is 344 g/mol. The van der Waals surface area contributed by atoms with Gasteiger partial charge in [-0.2, -0.15) is 0 Å². The minimum atomic E-state index is -0.531. The van der Waals surface area contributed by atoms with E-state index in [2.05, 4.69) is 10.6 Å². The zero-order chi connectivity index (χ0) is 15.9. The lowest BCUT2D eigenvalue weighted by atomic mass is 10.1. The van der Waals surface area contributed by atoms with Crippen molar-refractivity contribution in [1.82, 2.24) is 10.6 Å². The molecule has 4 N–H and O–H groups in total. The molecule has 1 aromatic rings. The summed E-state index contributed by atoms with van der Waals surface area (Å²) in [6.07, 6.45) is -0.154. The number of carbonyl (C=O) groups is 2. The van der Waals surface area contributed by atoms with Gasteiger partial charge in [0.15, 0.2) is 6.61 Å². The summed E-state index contributed by atoms with van der Waals surface area (Å²) >= 11 is 0. The Kier molecular flexibility index (Phi) is 7.80. The maximum Gasteiger partial charge on any atom is 0.255 e. The number of halogens is 1. The zero-order valence-corrected chi connectivity index (χ0v) is 13.7. The van der Waals surface area contributed by atoms with Crippen LogP contribution in [-0.2, 0) is 20.9 Å². The molecule has 2 rings (SSSR count). The van der Waals surface area contributed by atoms with Gasteiger partial charge < -0.3 is 25.8 Å². The molecule has 7 nitrogen and oxygen atoms in total. The Balaban J connectivity index is 0.00000264. The Hall–Kier alpha value is -1.83. The van der Waals surface area contributed by atoms with Crippen LogP contribution in [0.4, 0.5) is 0 Å². The van der Waals surface area contributed by atoms with Crippen LogP contribution in [-0.4, -0.2) is 43.7 Å². The number of amides is 2. The van der Waals surface area contributed by atoms with Crippen LogP contribution in [0.5, 0.6) is 5.75 Å². The van der Waals surface area contributed by atoms with E-state index in [9.17, 15) is 9.59 Å². The second-order valence-electron chi connectivity index (χ2n) is 5.13.